The number of urea groups is 1. The summed E-state index contributed by atoms with van der Waals surface area (Å²) >= 11 is 6.05. The molecule has 0 bridgehead atoms. The molecule has 1 aromatic rings. The van der Waals surface area contributed by atoms with E-state index in [1.165, 1.54) is 0 Å². The van der Waals surface area contributed by atoms with Crippen LogP contribution in [0.2, 0.25) is 5.02 Å². The largest absolute Gasteiger partial charge is 0.496 e. The molecule has 5 heteroatoms. The summed E-state index contributed by atoms with van der Waals surface area (Å²) in [7, 11) is 1.57. The summed E-state index contributed by atoms with van der Waals surface area (Å²) in [6.45, 7) is 4.13. The Morgan fingerprint density at radius 3 is 2.76 bits per heavy atom. The topological polar surface area (TPSA) is 50.4 Å². The Labute approximate surface area is 106 Å². The lowest BCUT2D eigenvalue weighted by Gasteiger charge is -2.13. The molecule has 0 fully saturated rings. The Bertz CT molecular complexity index is 394. The number of benzene rings is 1. The van der Waals surface area contributed by atoms with Crippen LogP contribution in [0.25, 0.3) is 0 Å². The summed E-state index contributed by atoms with van der Waals surface area (Å²) in [6.07, 6.45) is 0. The molecule has 0 heterocycles. The van der Waals surface area contributed by atoms with Gasteiger partial charge in [-0.3, -0.25) is 0 Å². The number of hydrogen-bond donors (Lipinski definition) is 2. The van der Waals surface area contributed by atoms with Crippen LogP contribution >= 0.6 is 11.6 Å². The number of hydrogen-bond acceptors (Lipinski definition) is 2. The van der Waals surface area contributed by atoms with E-state index in [2.05, 4.69) is 10.6 Å². The molecule has 0 saturated carbocycles. The lowest BCUT2D eigenvalue weighted by atomic mass is 10.2. The summed E-state index contributed by atoms with van der Waals surface area (Å²) in [5, 5.41) is 6.05. The lowest BCUT2D eigenvalue weighted by molar-refractivity contribution is 0.238. The normalized spacial score (nSPS) is 10.2. The van der Waals surface area contributed by atoms with E-state index in [9.17, 15) is 4.79 Å². The van der Waals surface area contributed by atoms with Crippen LogP contribution in [0.4, 0.5) is 4.79 Å². The lowest BCUT2D eigenvalue weighted by Crippen LogP contribution is -2.39. The Morgan fingerprint density at radius 1 is 1.47 bits per heavy atom. The van der Waals surface area contributed by atoms with Gasteiger partial charge in [0.1, 0.15) is 5.75 Å². The first-order valence-electron chi connectivity index (χ1n) is 5.40. The molecular formula is C12H17ClN2O2. The van der Waals surface area contributed by atoms with Gasteiger partial charge in [0.05, 0.1) is 7.11 Å². The van der Waals surface area contributed by atoms with E-state index in [4.69, 9.17) is 16.3 Å². The van der Waals surface area contributed by atoms with E-state index in [1.807, 2.05) is 19.9 Å². The summed E-state index contributed by atoms with van der Waals surface area (Å²) in [5.41, 5.74) is 0.774. The van der Waals surface area contributed by atoms with Gasteiger partial charge in [-0.15, -0.1) is 0 Å². The predicted octanol–water partition coefficient (Wildman–Crippen LogP) is 2.56. The molecule has 0 radical (unpaired) electrons. The van der Waals surface area contributed by atoms with Crippen molar-refractivity contribution >= 4 is 17.6 Å². The van der Waals surface area contributed by atoms with Gasteiger partial charge in [-0.25, -0.2) is 4.79 Å². The molecule has 0 saturated heterocycles. The standard InChI is InChI=1S/C12H17ClN2O2/c1-8(2)15-12(16)14-7-9-10(13)5-4-6-11(9)17-3/h4-6,8H,7H2,1-3H3,(H2,14,15,16). The SMILES string of the molecule is COc1cccc(Cl)c1CNC(=O)NC(C)C. The van der Waals surface area contributed by atoms with Crippen LogP contribution in [0.3, 0.4) is 0 Å². The van der Waals surface area contributed by atoms with Gasteiger partial charge in [-0.2, -0.15) is 0 Å². The molecule has 1 rings (SSSR count). The van der Waals surface area contributed by atoms with Crippen molar-refractivity contribution in [3.05, 3.63) is 28.8 Å². The van der Waals surface area contributed by atoms with Gasteiger partial charge < -0.3 is 15.4 Å². The van der Waals surface area contributed by atoms with Crippen molar-refractivity contribution in [3.63, 3.8) is 0 Å². The highest BCUT2D eigenvalue weighted by Crippen LogP contribution is 2.25. The summed E-state index contributed by atoms with van der Waals surface area (Å²) < 4.78 is 5.18. The number of halogens is 1. The van der Waals surface area contributed by atoms with E-state index >= 15 is 0 Å². The number of carbonyl (C=O) groups is 1. The van der Waals surface area contributed by atoms with Crippen molar-refractivity contribution in [1.29, 1.82) is 0 Å². The molecule has 94 valence electrons. The zero-order chi connectivity index (χ0) is 12.8. The van der Waals surface area contributed by atoms with Crippen molar-refractivity contribution < 1.29 is 9.53 Å². The number of amides is 2. The molecule has 0 atom stereocenters. The van der Waals surface area contributed by atoms with Gasteiger partial charge in [0.2, 0.25) is 0 Å². The van der Waals surface area contributed by atoms with Crippen LogP contribution in [0, 0.1) is 0 Å². The fraction of sp³-hybridized carbons (Fsp3) is 0.417. The van der Waals surface area contributed by atoms with Crippen molar-refractivity contribution in [2.45, 2.75) is 26.4 Å². The second kappa shape index (κ2) is 6.35. The Balaban J connectivity index is 2.65. The van der Waals surface area contributed by atoms with E-state index in [0.717, 1.165) is 5.56 Å². The maximum Gasteiger partial charge on any atom is 0.315 e. The molecule has 0 spiro atoms. The maximum absolute atomic E-state index is 11.4. The van der Waals surface area contributed by atoms with Crippen LogP contribution in [-0.4, -0.2) is 19.2 Å². The van der Waals surface area contributed by atoms with Crippen molar-refractivity contribution in [1.82, 2.24) is 10.6 Å². The first kappa shape index (κ1) is 13.6. The van der Waals surface area contributed by atoms with Crippen LogP contribution < -0.4 is 15.4 Å². The van der Waals surface area contributed by atoms with Gasteiger partial charge in [0.25, 0.3) is 0 Å². The van der Waals surface area contributed by atoms with Crippen LogP contribution in [-0.2, 0) is 6.54 Å². The minimum Gasteiger partial charge on any atom is -0.496 e. The molecule has 0 aromatic heterocycles. The number of nitrogens with one attached hydrogen (secondary N) is 2. The van der Waals surface area contributed by atoms with Crippen molar-refractivity contribution in [3.8, 4) is 5.75 Å². The van der Waals surface area contributed by atoms with Crippen molar-refractivity contribution in [2.24, 2.45) is 0 Å². The zero-order valence-corrected chi connectivity index (χ0v) is 11.0. The third kappa shape index (κ3) is 4.15. The molecule has 2 N–H and O–H groups in total. The van der Waals surface area contributed by atoms with E-state index in [0.29, 0.717) is 17.3 Å². The van der Waals surface area contributed by atoms with Crippen molar-refractivity contribution in [2.75, 3.05) is 7.11 Å². The van der Waals surface area contributed by atoms with E-state index in [-0.39, 0.29) is 12.1 Å². The Hall–Kier alpha value is -1.42. The van der Waals surface area contributed by atoms with Crippen LogP contribution in [0.5, 0.6) is 5.75 Å². The average molecular weight is 257 g/mol. The molecule has 0 aliphatic heterocycles. The summed E-state index contributed by atoms with van der Waals surface area (Å²) in [5.74, 6) is 0.669. The smallest absolute Gasteiger partial charge is 0.315 e. The molecule has 17 heavy (non-hydrogen) atoms. The van der Waals surface area contributed by atoms with E-state index < -0.39 is 0 Å². The first-order valence-corrected chi connectivity index (χ1v) is 5.78. The number of carbonyl (C=O) groups excluding carboxylic acids is 1. The average Bonchev–Trinajstić information content (AvgIpc) is 2.26. The number of methoxy groups -OCH3 is 1. The second-order valence-electron chi connectivity index (χ2n) is 3.90. The van der Waals surface area contributed by atoms with E-state index in [1.54, 1.807) is 19.2 Å². The molecule has 1 aromatic carbocycles. The molecule has 0 aliphatic rings. The predicted molar refractivity (Wildman–Crippen MR) is 68.5 cm³/mol. The van der Waals surface area contributed by atoms with Crippen LogP contribution in [0.1, 0.15) is 19.4 Å². The fourth-order valence-corrected chi connectivity index (χ4v) is 1.62. The van der Waals surface area contributed by atoms with Gasteiger partial charge in [0.15, 0.2) is 0 Å². The minimum absolute atomic E-state index is 0.100. The second-order valence-corrected chi connectivity index (χ2v) is 4.31. The fourth-order valence-electron chi connectivity index (χ4n) is 1.38. The Kier molecular flexibility index (Phi) is 5.10. The number of rotatable bonds is 4. The van der Waals surface area contributed by atoms with Gasteiger partial charge in [-0.05, 0) is 26.0 Å². The minimum atomic E-state index is -0.220. The maximum atomic E-state index is 11.4. The van der Waals surface area contributed by atoms with Crippen LogP contribution in [0.15, 0.2) is 18.2 Å². The molecular weight excluding hydrogens is 240 g/mol. The molecule has 2 amide bonds. The number of ether oxygens (including phenoxy) is 1. The quantitative estimate of drug-likeness (QED) is 0.870. The molecule has 4 nitrogen and oxygen atoms in total. The van der Waals surface area contributed by atoms with Gasteiger partial charge in [0, 0.05) is 23.2 Å². The zero-order valence-electron chi connectivity index (χ0n) is 10.2. The highest BCUT2D eigenvalue weighted by molar-refractivity contribution is 6.31. The third-order valence-corrected chi connectivity index (χ3v) is 2.50. The Morgan fingerprint density at radius 2 is 2.18 bits per heavy atom. The molecule has 0 aliphatic carbocycles. The summed E-state index contributed by atoms with van der Waals surface area (Å²) in [4.78, 5) is 11.4. The highest BCUT2D eigenvalue weighted by atomic mass is 35.5. The first-order chi connectivity index (χ1) is 8.04. The summed E-state index contributed by atoms with van der Waals surface area (Å²) in [6, 6.07) is 5.26. The highest BCUT2D eigenvalue weighted by Gasteiger charge is 2.09. The van der Waals surface area contributed by atoms with Gasteiger partial charge in [-0.1, -0.05) is 17.7 Å². The monoisotopic (exact) mass is 256 g/mol. The van der Waals surface area contributed by atoms with Gasteiger partial charge >= 0.3 is 6.03 Å². The third-order valence-electron chi connectivity index (χ3n) is 2.14. The molecule has 0 unspecified atom stereocenters.